The number of hydrogen-bond acceptors (Lipinski definition) is 3. The molecule has 0 radical (unpaired) electrons. The summed E-state index contributed by atoms with van der Waals surface area (Å²) in [5.41, 5.74) is 0. The lowest BCUT2D eigenvalue weighted by Gasteiger charge is -2.24. The number of halogens is 1. The molecule has 18 heavy (non-hydrogen) atoms. The quantitative estimate of drug-likeness (QED) is 0.689. The minimum Gasteiger partial charge on any atom is -0.358 e. The Bertz CT molecular complexity index is 298. The average Bonchev–Trinajstić information content (AvgIpc) is 2.79. The molecule has 3 atom stereocenters. The Morgan fingerprint density at radius 2 is 2.00 bits per heavy atom. The minimum absolute atomic E-state index is 0. The van der Waals surface area contributed by atoms with E-state index in [-0.39, 0.29) is 36.8 Å². The van der Waals surface area contributed by atoms with E-state index in [0.29, 0.717) is 12.0 Å². The Kier molecular flexibility index (Phi) is 5.88. The molecule has 5 nitrogen and oxygen atoms in total. The SMILES string of the molecule is CNC(=O)CNC(=O)C1CC2CCCCC2N1.Cl. The molecule has 3 unspecified atom stereocenters. The minimum atomic E-state index is -0.159. The number of amides is 2. The summed E-state index contributed by atoms with van der Waals surface area (Å²) in [7, 11) is 1.57. The first-order valence-electron chi connectivity index (χ1n) is 6.45. The lowest BCUT2D eigenvalue weighted by molar-refractivity contribution is -0.126. The van der Waals surface area contributed by atoms with Crippen molar-refractivity contribution in [1.82, 2.24) is 16.0 Å². The van der Waals surface area contributed by atoms with Crippen molar-refractivity contribution in [2.75, 3.05) is 13.6 Å². The van der Waals surface area contributed by atoms with E-state index >= 15 is 0 Å². The lowest BCUT2D eigenvalue weighted by atomic mass is 9.85. The highest BCUT2D eigenvalue weighted by molar-refractivity contribution is 5.87. The first-order valence-corrected chi connectivity index (χ1v) is 6.45. The molecular weight excluding hydrogens is 254 g/mol. The van der Waals surface area contributed by atoms with Crippen LogP contribution in [0.25, 0.3) is 0 Å². The first kappa shape index (κ1) is 15.2. The summed E-state index contributed by atoms with van der Waals surface area (Å²) in [4.78, 5) is 22.9. The van der Waals surface area contributed by atoms with Crippen molar-refractivity contribution in [2.45, 2.75) is 44.2 Å². The van der Waals surface area contributed by atoms with Gasteiger partial charge in [-0.25, -0.2) is 0 Å². The number of carbonyl (C=O) groups is 2. The van der Waals surface area contributed by atoms with Crippen LogP contribution >= 0.6 is 12.4 Å². The highest BCUT2D eigenvalue weighted by Crippen LogP contribution is 2.33. The highest BCUT2D eigenvalue weighted by atomic mass is 35.5. The number of rotatable bonds is 3. The van der Waals surface area contributed by atoms with Crippen LogP contribution in [0, 0.1) is 5.92 Å². The maximum atomic E-state index is 11.9. The molecule has 1 heterocycles. The smallest absolute Gasteiger partial charge is 0.239 e. The normalized spacial score (nSPS) is 29.9. The fraction of sp³-hybridized carbons (Fsp3) is 0.833. The van der Waals surface area contributed by atoms with E-state index in [4.69, 9.17) is 0 Å². The standard InChI is InChI=1S/C12H21N3O2.ClH/c1-13-11(16)7-14-12(17)10-6-8-4-2-3-5-9(8)15-10;/h8-10,15H,2-7H2,1H3,(H,13,16)(H,14,17);1H. The number of carbonyl (C=O) groups excluding carboxylic acids is 2. The summed E-state index contributed by atoms with van der Waals surface area (Å²) in [5, 5.41) is 8.55. The van der Waals surface area contributed by atoms with E-state index in [1.165, 1.54) is 25.7 Å². The van der Waals surface area contributed by atoms with Crippen LogP contribution in [0.5, 0.6) is 0 Å². The van der Waals surface area contributed by atoms with Gasteiger partial charge in [-0.05, 0) is 25.2 Å². The zero-order valence-electron chi connectivity index (χ0n) is 10.7. The summed E-state index contributed by atoms with van der Waals surface area (Å²) in [6.45, 7) is 0.0723. The van der Waals surface area contributed by atoms with Gasteiger partial charge in [-0.15, -0.1) is 12.4 Å². The molecule has 0 aromatic heterocycles. The van der Waals surface area contributed by atoms with Gasteiger partial charge < -0.3 is 16.0 Å². The molecular formula is C12H22ClN3O2. The molecule has 3 N–H and O–H groups in total. The fourth-order valence-electron chi connectivity index (χ4n) is 2.90. The van der Waals surface area contributed by atoms with Gasteiger partial charge in [-0.3, -0.25) is 9.59 Å². The molecule has 1 saturated heterocycles. The average molecular weight is 276 g/mol. The molecule has 0 aromatic rings. The molecule has 2 fully saturated rings. The van der Waals surface area contributed by atoms with Gasteiger partial charge in [-0.1, -0.05) is 12.8 Å². The maximum Gasteiger partial charge on any atom is 0.239 e. The van der Waals surface area contributed by atoms with Crippen molar-refractivity contribution in [1.29, 1.82) is 0 Å². The van der Waals surface area contributed by atoms with E-state index in [0.717, 1.165) is 6.42 Å². The monoisotopic (exact) mass is 275 g/mol. The van der Waals surface area contributed by atoms with Gasteiger partial charge in [0.25, 0.3) is 0 Å². The Morgan fingerprint density at radius 3 is 2.67 bits per heavy atom. The first-order chi connectivity index (χ1) is 8.20. The van der Waals surface area contributed by atoms with E-state index < -0.39 is 0 Å². The number of fused-ring (bicyclic) bond motifs is 1. The van der Waals surface area contributed by atoms with Gasteiger partial charge in [0.15, 0.2) is 0 Å². The molecule has 2 aliphatic rings. The van der Waals surface area contributed by atoms with Crippen LogP contribution in [0.15, 0.2) is 0 Å². The number of nitrogens with one attached hydrogen (secondary N) is 3. The zero-order valence-corrected chi connectivity index (χ0v) is 11.5. The fourth-order valence-corrected chi connectivity index (χ4v) is 2.90. The second-order valence-corrected chi connectivity index (χ2v) is 5.00. The van der Waals surface area contributed by atoms with Crippen LogP contribution < -0.4 is 16.0 Å². The van der Waals surface area contributed by atoms with E-state index in [1.807, 2.05) is 0 Å². The van der Waals surface area contributed by atoms with Crippen LogP contribution in [0.3, 0.4) is 0 Å². The summed E-state index contributed by atoms with van der Waals surface area (Å²) >= 11 is 0. The van der Waals surface area contributed by atoms with Gasteiger partial charge in [0.2, 0.25) is 11.8 Å². The third-order valence-electron chi connectivity index (χ3n) is 3.88. The predicted octanol–water partition coefficient (Wildman–Crippen LogP) is 0.191. The van der Waals surface area contributed by atoms with Crippen molar-refractivity contribution in [2.24, 2.45) is 5.92 Å². The summed E-state index contributed by atoms with van der Waals surface area (Å²) in [6.07, 6.45) is 5.89. The predicted molar refractivity (Wildman–Crippen MR) is 71.6 cm³/mol. The summed E-state index contributed by atoms with van der Waals surface area (Å²) in [6, 6.07) is 0.409. The van der Waals surface area contributed by atoms with Crippen LogP contribution in [-0.2, 0) is 9.59 Å². The van der Waals surface area contributed by atoms with Gasteiger partial charge >= 0.3 is 0 Å². The third-order valence-corrected chi connectivity index (χ3v) is 3.88. The van der Waals surface area contributed by atoms with Crippen LogP contribution in [0.2, 0.25) is 0 Å². The largest absolute Gasteiger partial charge is 0.358 e. The Labute approximate surface area is 114 Å². The van der Waals surface area contributed by atoms with Crippen molar-refractivity contribution >= 4 is 24.2 Å². The Balaban J connectivity index is 0.00000162. The third kappa shape index (κ3) is 3.59. The van der Waals surface area contributed by atoms with E-state index in [2.05, 4.69) is 16.0 Å². The Morgan fingerprint density at radius 1 is 1.28 bits per heavy atom. The number of hydrogen-bond donors (Lipinski definition) is 3. The maximum absolute atomic E-state index is 11.9. The molecule has 0 bridgehead atoms. The van der Waals surface area contributed by atoms with Gasteiger partial charge in [0, 0.05) is 13.1 Å². The molecule has 104 valence electrons. The van der Waals surface area contributed by atoms with E-state index in [9.17, 15) is 9.59 Å². The number of likely N-dealkylation sites (N-methyl/N-ethyl adjacent to an activating group) is 1. The van der Waals surface area contributed by atoms with Crippen LogP contribution in [0.4, 0.5) is 0 Å². The molecule has 0 spiro atoms. The van der Waals surface area contributed by atoms with Crippen LogP contribution in [0.1, 0.15) is 32.1 Å². The van der Waals surface area contributed by atoms with E-state index in [1.54, 1.807) is 7.05 Å². The lowest BCUT2D eigenvalue weighted by Crippen LogP contribution is -2.45. The second-order valence-electron chi connectivity index (χ2n) is 5.00. The van der Waals surface area contributed by atoms with Crippen LogP contribution in [-0.4, -0.2) is 37.5 Å². The van der Waals surface area contributed by atoms with Gasteiger partial charge in [0.1, 0.15) is 0 Å². The van der Waals surface area contributed by atoms with Crippen molar-refractivity contribution < 1.29 is 9.59 Å². The summed E-state index contributed by atoms with van der Waals surface area (Å²) < 4.78 is 0. The van der Waals surface area contributed by atoms with Gasteiger partial charge in [-0.2, -0.15) is 0 Å². The highest BCUT2D eigenvalue weighted by Gasteiger charge is 2.38. The molecule has 2 amide bonds. The molecule has 6 heteroatoms. The molecule has 1 saturated carbocycles. The molecule has 2 rings (SSSR count). The molecule has 1 aliphatic carbocycles. The topological polar surface area (TPSA) is 70.2 Å². The summed E-state index contributed by atoms with van der Waals surface area (Å²) in [5.74, 6) is 0.455. The van der Waals surface area contributed by atoms with Crippen molar-refractivity contribution in [3.05, 3.63) is 0 Å². The molecule has 1 aliphatic heterocycles. The second kappa shape index (κ2) is 6.95. The van der Waals surface area contributed by atoms with Crippen molar-refractivity contribution in [3.63, 3.8) is 0 Å². The van der Waals surface area contributed by atoms with Crippen molar-refractivity contribution in [3.8, 4) is 0 Å². The zero-order chi connectivity index (χ0) is 12.3. The van der Waals surface area contributed by atoms with Gasteiger partial charge in [0.05, 0.1) is 12.6 Å². The molecule has 0 aromatic carbocycles. The Hall–Kier alpha value is -0.810.